The molecule has 2 aromatic rings. The van der Waals surface area contributed by atoms with E-state index in [4.69, 9.17) is 5.14 Å². The fourth-order valence-corrected chi connectivity index (χ4v) is 4.02. The molecule has 0 aliphatic heterocycles. The molecule has 3 N–H and O–H groups in total. The maximum absolute atomic E-state index is 11.3. The van der Waals surface area contributed by atoms with E-state index < -0.39 is 10.0 Å². The minimum atomic E-state index is -3.70. The summed E-state index contributed by atoms with van der Waals surface area (Å²) in [6.45, 7) is 2.28. The van der Waals surface area contributed by atoms with Crippen LogP contribution >= 0.6 is 0 Å². The molecule has 1 aromatic carbocycles. The number of benzene rings is 1. The predicted molar refractivity (Wildman–Crippen MR) is 95.2 cm³/mol. The number of hydrogen-bond donors (Lipinski definition) is 2. The molecule has 1 aromatic heterocycles. The lowest BCUT2D eigenvalue weighted by molar-refractivity contribution is 0.320. The standard InChI is InChI=1S/C18H23N3O2S/c1-13-9-15(14-5-3-2-4-6-14)11-16(10-13)21-18-8-7-17(12-20-18)24(19,22)23/h2-8,12-13,15-16H,9-11H2,1H3,(H,20,21)(H2,19,22,23). The minimum absolute atomic E-state index is 0.0345. The number of pyridine rings is 1. The molecule has 3 rings (SSSR count). The van der Waals surface area contributed by atoms with Crippen LogP contribution in [-0.4, -0.2) is 19.4 Å². The molecule has 1 aliphatic carbocycles. The first-order chi connectivity index (χ1) is 11.4. The summed E-state index contributed by atoms with van der Waals surface area (Å²) in [5.41, 5.74) is 1.38. The van der Waals surface area contributed by atoms with Crippen molar-refractivity contribution < 1.29 is 8.42 Å². The van der Waals surface area contributed by atoms with Crippen molar-refractivity contribution in [3.63, 3.8) is 0 Å². The second-order valence-electron chi connectivity index (χ2n) is 6.69. The molecule has 1 heterocycles. The van der Waals surface area contributed by atoms with Gasteiger partial charge in [-0.3, -0.25) is 0 Å². The largest absolute Gasteiger partial charge is 0.367 e. The van der Waals surface area contributed by atoms with Gasteiger partial charge in [0.2, 0.25) is 10.0 Å². The van der Waals surface area contributed by atoms with Gasteiger partial charge < -0.3 is 5.32 Å². The summed E-state index contributed by atoms with van der Waals surface area (Å²) in [7, 11) is -3.70. The van der Waals surface area contributed by atoms with Crippen molar-refractivity contribution >= 4 is 15.8 Å². The number of nitrogens with two attached hydrogens (primary N) is 1. The van der Waals surface area contributed by atoms with Gasteiger partial charge >= 0.3 is 0 Å². The summed E-state index contributed by atoms with van der Waals surface area (Å²) in [6, 6.07) is 14.1. The third kappa shape index (κ3) is 4.13. The van der Waals surface area contributed by atoms with Crippen LogP contribution in [0.3, 0.4) is 0 Å². The lowest BCUT2D eigenvalue weighted by Crippen LogP contribution is -2.30. The highest BCUT2D eigenvalue weighted by atomic mass is 32.2. The second-order valence-corrected chi connectivity index (χ2v) is 8.25. The number of nitrogens with zero attached hydrogens (tertiary/aromatic N) is 1. The van der Waals surface area contributed by atoms with Crippen LogP contribution in [0.2, 0.25) is 0 Å². The molecule has 5 nitrogen and oxygen atoms in total. The SMILES string of the molecule is CC1CC(Nc2ccc(S(N)(=O)=O)cn2)CC(c2ccccc2)C1. The zero-order valence-corrected chi connectivity index (χ0v) is 14.5. The normalized spacial score (nSPS) is 24.5. The zero-order chi connectivity index (χ0) is 17.2. The maximum Gasteiger partial charge on any atom is 0.239 e. The average molecular weight is 345 g/mol. The summed E-state index contributed by atoms with van der Waals surface area (Å²) in [5.74, 6) is 1.86. The van der Waals surface area contributed by atoms with Gasteiger partial charge in [-0.05, 0) is 48.8 Å². The molecule has 3 atom stereocenters. The quantitative estimate of drug-likeness (QED) is 0.891. The Bertz CT molecular complexity index is 776. The Morgan fingerprint density at radius 1 is 1.08 bits per heavy atom. The fraction of sp³-hybridized carbons (Fsp3) is 0.389. The second kappa shape index (κ2) is 6.91. The number of aromatic nitrogens is 1. The molecule has 0 saturated heterocycles. The molecular weight excluding hydrogens is 322 g/mol. The van der Waals surface area contributed by atoms with Gasteiger partial charge in [0, 0.05) is 12.2 Å². The van der Waals surface area contributed by atoms with E-state index in [0.717, 1.165) is 12.8 Å². The van der Waals surface area contributed by atoms with Crippen molar-refractivity contribution in [1.82, 2.24) is 4.98 Å². The third-order valence-electron chi connectivity index (χ3n) is 4.63. The average Bonchev–Trinajstić information content (AvgIpc) is 2.55. The first kappa shape index (κ1) is 16.9. The highest BCUT2D eigenvalue weighted by molar-refractivity contribution is 7.89. The molecule has 1 saturated carbocycles. The van der Waals surface area contributed by atoms with E-state index in [1.165, 1.54) is 24.2 Å². The van der Waals surface area contributed by atoms with Gasteiger partial charge in [-0.15, -0.1) is 0 Å². The van der Waals surface area contributed by atoms with Crippen LogP contribution in [0, 0.1) is 5.92 Å². The smallest absolute Gasteiger partial charge is 0.239 e. The third-order valence-corrected chi connectivity index (χ3v) is 5.53. The van der Waals surface area contributed by atoms with Crippen molar-refractivity contribution in [2.75, 3.05) is 5.32 Å². The van der Waals surface area contributed by atoms with Crippen LogP contribution in [0.5, 0.6) is 0 Å². The van der Waals surface area contributed by atoms with Gasteiger partial charge in [-0.1, -0.05) is 37.3 Å². The van der Waals surface area contributed by atoms with E-state index in [1.807, 2.05) is 6.07 Å². The molecule has 0 spiro atoms. The van der Waals surface area contributed by atoms with Crippen molar-refractivity contribution in [2.45, 2.75) is 43.0 Å². The molecule has 0 amide bonds. The van der Waals surface area contributed by atoms with E-state index in [-0.39, 0.29) is 4.90 Å². The number of nitrogens with one attached hydrogen (secondary N) is 1. The van der Waals surface area contributed by atoms with Gasteiger partial charge in [0.25, 0.3) is 0 Å². The zero-order valence-electron chi connectivity index (χ0n) is 13.7. The maximum atomic E-state index is 11.3. The minimum Gasteiger partial charge on any atom is -0.367 e. The fourth-order valence-electron chi connectivity index (χ4n) is 3.56. The Morgan fingerprint density at radius 2 is 1.83 bits per heavy atom. The number of anilines is 1. The first-order valence-electron chi connectivity index (χ1n) is 8.22. The van der Waals surface area contributed by atoms with Crippen molar-refractivity contribution in [3.8, 4) is 0 Å². The monoisotopic (exact) mass is 345 g/mol. The van der Waals surface area contributed by atoms with Gasteiger partial charge in [0.05, 0.1) is 0 Å². The van der Waals surface area contributed by atoms with E-state index in [2.05, 4.69) is 41.5 Å². The topological polar surface area (TPSA) is 85.1 Å². The summed E-state index contributed by atoms with van der Waals surface area (Å²) < 4.78 is 22.6. The van der Waals surface area contributed by atoms with E-state index in [9.17, 15) is 8.42 Å². The molecule has 1 aliphatic rings. The van der Waals surface area contributed by atoms with Crippen LogP contribution in [0.1, 0.15) is 37.7 Å². The predicted octanol–water partition coefficient (Wildman–Crippen LogP) is 3.11. The summed E-state index contributed by atoms with van der Waals surface area (Å²) in [5, 5.41) is 8.55. The molecule has 24 heavy (non-hydrogen) atoms. The van der Waals surface area contributed by atoms with Crippen molar-refractivity contribution in [3.05, 3.63) is 54.2 Å². The molecule has 1 fully saturated rings. The Hall–Kier alpha value is -1.92. The van der Waals surface area contributed by atoms with E-state index >= 15 is 0 Å². The van der Waals surface area contributed by atoms with Crippen LogP contribution in [0.4, 0.5) is 5.82 Å². The van der Waals surface area contributed by atoms with Gasteiger partial charge in [0.1, 0.15) is 10.7 Å². The highest BCUT2D eigenvalue weighted by Gasteiger charge is 2.27. The van der Waals surface area contributed by atoms with Crippen molar-refractivity contribution in [1.29, 1.82) is 0 Å². The Balaban J connectivity index is 1.70. The van der Waals surface area contributed by atoms with Crippen LogP contribution in [-0.2, 0) is 10.0 Å². The van der Waals surface area contributed by atoms with Crippen LogP contribution in [0.25, 0.3) is 0 Å². The number of hydrogen-bond acceptors (Lipinski definition) is 4. The summed E-state index contributed by atoms with van der Waals surface area (Å²) in [6.07, 6.45) is 4.63. The molecule has 128 valence electrons. The summed E-state index contributed by atoms with van der Waals surface area (Å²) in [4.78, 5) is 4.23. The number of sulfonamides is 1. The van der Waals surface area contributed by atoms with Crippen LogP contribution < -0.4 is 10.5 Å². The van der Waals surface area contributed by atoms with Crippen LogP contribution in [0.15, 0.2) is 53.6 Å². The van der Waals surface area contributed by atoms with Gasteiger partial charge in [-0.2, -0.15) is 0 Å². The Kier molecular flexibility index (Phi) is 4.87. The van der Waals surface area contributed by atoms with Gasteiger partial charge in [0.15, 0.2) is 0 Å². The van der Waals surface area contributed by atoms with Crippen molar-refractivity contribution in [2.24, 2.45) is 11.1 Å². The Morgan fingerprint density at radius 3 is 2.46 bits per heavy atom. The molecule has 0 bridgehead atoms. The highest BCUT2D eigenvalue weighted by Crippen LogP contribution is 2.37. The first-order valence-corrected chi connectivity index (χ1v) is 9.77. The molecule has 0 radical (unpaired) electrons. The summed E-state index contributed by atoms with van der Waals surface area (Å²) >= 11 is 0. The number of rotatable bonds is 4. The number of primary sulfonamides is 1. The lowest BCUT2D eigenvalue weighted by Gasteiger charge is -2.34. The lowest BCUT2D eigenvalue weighted by atomic mass is 9.76. The van der Waals surface area contributed by atoms with Gasteiger partial charge in [-0.25, -0.2) is 18.5 Å². The van der Waals surface area contributed by atoms with E-state index in [0.29, 0.717) is 23.7 Å². The Labute approximate surface area is 143 Å². The molecule has 6 heteroatoms. The van der Waals surface area contributed by atoms with E-state index in [1.54, 1.807) is 6.07 Å². The molecule has 3 unspecified atom stereocenters. The molecular formula is C18H23N3O2S.